The third-order valence-electron chi connectivity index (χ3n) is 10.3. The highest BCUT2D eigenvalue weighted by Crippen LogP contribution is 2.65. The molecule has 232 valence electrons. The Labute approximate surface area is 252 Å². The summed E-state index contributed by atoms with van der Waals surface area (Å²) in [5, 5.41) is 6.60. The Kier molecular flexibility index (Phi) is 7.28. The molecule has 2 aliphatic carbocycles. The lowest BCUT2D eigenvalue weighted by Crippen LogP contribution is -2.47. The fourth-order valence-electron chi connectivity index (χ4n) is 7.78. The first-order valence-electron chi connectivity index (χ1n) is 15.3. The lowest BCUT2D eigenvalue weighted by Gasteiger charge is -2.34. The van der Waals surface area contributed by atoms with Crippen molar-refractivity contribution in [3.63, 3.8) is 0 Å². The summed E-state index contributed by atoms with van der Waals surface area (Å²) in [6.07, 6.45) is 5.22. The number of hydrogen-bond donors (Lipinski definition) is 4. The molecule has 43 heavy (non-hydrogen) atoms. The summed E-state index contributed by atoms with van der Waals surface area (Å²) in [5.74, 6) is 2.91. The second-order valence-electron chi connectivity index (χ2n) is 12.6. The number of rotatable bonds is 8. The van der Waals surface area contributed by atoms with Crippen molar-refractivity contribution in [1.82, 2.24) is 25.0 Å². The SMILES string of the molecule is CCOc1cc(S(=O)(=O)N2CCN(C)CC2)cnc1NC1NNC2CC([C@@H]3C[C@@]34C(=O)Nc3ccc(OC)cc34)CCC21. The van der Waals surface area contributed by atoms with E-state index in [4.69, 9.17) is 9.47 Å². The van der Waals surface area contributed by atoms with E-state index in [1.165, 1.54) is 10.5 Å². The van der Waals surface area contributed by atoms with Crippen molar-refractivity contribution in [2.45, 2.75) is 55.1 Å². The number of hydrogen-bond acceptors (Lipinski definition) is 10. The average molecular weight is 612 g/mol. The molecular weight excluding hydrogens is 570 g/mol. The molecule has 1 aromatic heterocycles. The first-order valence-corrected chi connectivity index (χ1v) is 16.8. The van der Waals surface area contributed by atoms with Gasteiger partial charge in [0, 0.05) is 56.1 Å². The summed E-state index contributed by atoms with van der Waals surface area (Å²) in [5.41, 5.74) is 8.46. The monoisotopic (exact) mass is 611 g/mol. The number of fused-ring (bicyclic) bond motifs is 3. The summed E-state index contributed by atoms with van der Waals surface area (Å²) >= 11 is 0. The molecule has 3 aliphatic heterocycles. The van der Waals surface area contributed by atoms with Crippen LogP contribution in [0, 0.1) is 17.8 Å². The van der Waals surface area contributed by atoms with Gasteiger partial charge in [0.15, 0.2) is 11.6 Å². The van der Waals surface area contributed by atoms with Gasteiger partial charge in [-0.2, -0.15) is 4.31 Å². The van der Waals surface area contributed by atoms with Crippen LogP contribution >= 0.6 is 0 Å². The van der Waals surface area contributed by atoms with E-state index in [0.29, 0.717) is 62.1 Å². The number of hydrazine groups is 1. The Morgan fingerprint density at radius 2 is 1.95 bits per heavy atom. The first kappa shape index (κ1) is 28.8. The highest BCUT2D eigenvalue weighted by Gasteiger charge is 2.67. The van der Waals surface area contributed by atoms with Crippen LogP contribution in [0.3, 0.4) is 0 Å². The summed E-state index contributed by atoms with van der Waals surface area (Å²) < 4.78 is 39.5. The third kappa shape index (κ3) is 4.85. The minimum absolute atomic E-state index is 0.0920. The second-order valence-corrected chi connectivity index (χ2v) is 14.5. The van der Waals surface area contributed by atoms with Crippen molar-refractivity contribution in [3.8, 4) is 11.5 Å². The van der Waals surface area contributed by atoms with Crippen molar-refractivity contribution in [1.29, 1.82) is 0 Å². The molecule has 2 saturated carbocycles. The van der Waals surface area contributed by atoms with Crippen LogP contribution in [0.4, 0.5) is 11.5 Å². The fraction of sp³-hybridized carbons (Fsp3) is 0.600. The van der Waals surface area contributed by atoms with Gasteiger partial charge in [0.2, 0.25) is 15.9 Å². The van der Waals surface area contributed by atoms with Gasteiger partial charge in [-0.3, -0.25) is 10.2 Å². The molecule has 0 radical (unpaired) electrons. The number of carbonyl (C=O) groups excluding carboxylic acids is 1. The van der Waals surface area contributed by atoms with E-state index in [2.05, 4.69) is 31.4 Å². The van der Waals surface area contributed by atoms with Crippen LogP contribution in [0.15, 0.2) is 35.4 Å². The number of nitrogens with one attached hydrogen (secondary N) is 4. The second kappa shape index (κ2) is 10.9. The van der Waals surface area contributed by atoms with Gasteiger partial charge in [-0.15, -0.1) is 0 Å². The van der Waals surface area contributed by atoms with Crippen LogP contribution in [0.5, 0.6) is 11.5 Å². The van der Waals surface area contributed by atoms with Gasteiger partial charge < -0.3 is 25.0 Å². The molecule has 2 aromatic rings. The zero-order valence-electron chi connectivity index (χ0n) is 24.9. The summed E-state index contributed by atoms with van der Waals surface area (Å²) in [6, 6.07) is 7.71. The standard InChI is InChI=1S/C30H41N7O5S/c1-4-42-26-15-20(43(39,40)37-11-9-36(2)10-12-37)17-31-28(26)33-27-21-7-5-18(13-25(21)34-35-27)23-16-30(23)22-14-19(41-3)6-8-24(22)32-29(30)38/h6,8,14-15,17-18,21,23,25,27,34-35H,4-5,7,9-13,16H2,1-3H3,(H,31,33)(H,32,38)/t18?,21?,23-,25?,27?,30-/m0/s1. The Hall–Kier alpha value is -2.97. The molecule has 7 rings (SSSR count). The number of pyridine rings is 1. The minimum atomic E-state index is -3.66. The van der Waals surface area contributed by atoms with Gasteiger partial charge in [-0.05, 0) is 75.3 Å². The molecular formula is C30H41N7O5S. The number of carbonyl (C=O) groups is 1. The predicted molar refractivity (Wildman–Crippen MR) is 161 cm³/mol. The number of likely N-dealkylation sites (N-methyl/N-ethyl adjacent to an activating group) is 1. The first-order chi connectivity index (χ1) is 20.7. The Bertz CT molecular complexity index is 1510. The van der Waals surface area contributed by atoms with E-state index in [1.54, 1.807) is 13.2 Å². The highest BCUT2D eigenvalue weighted by molar-refractivity contribution is 7.89. The fourth-order valence-corrected chi connectivity index (χ4v) is 9.17. The molecule has 13 heteroatoms. The molecule has 4 heterocycles. The van der Waals surface area contributed by atoms with Gasteiger partial charge in [-0.1, -0.05) is 0 Å². The predicted octanol–water partition coefficient (Wildman–Crippen LogP) is 1.97. The van der Waals surface area contributed by atoms with Crippen LogP contribution in [-0.4, -0.2) is 87.7 Å². The number of methoxy groups -OCH3 is 1. The highest BCUT2D eigenvalue weighted by atomic mass is 32.2. The number of ether oxygens (including phenoxy) is 2. The zero-order valence-corrected chi connectivity index (χ0v) is 25.7. The molecule has 6 atom stereocenters. The van der Waals surface area contributed by atoms with E-state index >= 15 is 0 Å². The molecule has 0 bridgehead atoms. The molecule has 12 nitrogen and oxygen atoms in total. The average Bonchev–Trinajstić information content (AvgIpc) is 3.56. The number of piperazine rings is 1. The van der Waals surface area contributed by atoms with Gasteiger partial charge in [0.1, 0.15) is 10.6 Å². The Morgan fingerprint density at radius 1 is 1.14 bits per heavy atom. The lowest BCUT2D eigenvalue weighted by molar-refractivity contribution is -0.118. The summed E-state index contributed by atoms with van der Waals surface area (Å²) in [7, 11) is -0.00763. The van der Waals surface area contributed by atoms with Crippen LogP contribution in [-0.2, 0) is 20.2 Å². The van der Waals surface area contributed by atoms with Crippen LogP contribution in [0.1, 0.15) is 38.2 Å². The molecule has 1 amide bonds. The number of amides is 1. The quantitative estimate of drug-likeness (QED) is 0.351. The van der Waals surface area contributed by atoms with E-state index in [-0.39, 0.29) is 23.0 Å². The maximum Gasteiger partial charge on any atom is 0.244 e. The number of nitrogens with zero attached hydrogens (tertiary/aromatic N) is 3. The van der Waals surface area contributed by atoms with E-state index < -0.39 is 15.4 Å². The Balaban J connectivity index is 1.03. The summed E-state index contributed by atoms with van der Waals surface area (Å²) in [4.78, 5) is 20.0. The van der Waals surface area contributed by atoms with Gasteiger partial charge in [-0.25, -0.2) is 18.8 Å². The van der Waals surface area contributed by atoms with Gasteiger partial charge in [0.05, 0.1) is 25.3 Å². The topological polar surface area (TPSA) is 137 Å². The number of sulfonamides is 1. The molecule has 1 spiro atoms. The summed E-state index contributed by atoms with van der Waals surface area (Å²) in [6.45, 7) is 4.58. The number of aromatic nitrogens is 1. The van der Waals surface area contributed by atoms with Crippen molar-refractivity contribution in [2.24, 2.45) is 17.8 Å². The third-order valence-corrected chi connectivity index (χ3v) is 12.1. The van der Waals surface area contributed by atoms with Crippen LogP contribution in [0.2, 0.25) is 0 Å². The molecule has 5 aliphatic rings. The number of benzene rings is 1. The molecule has 4 fully saturated rings. The van der Waals surface area contributed by atoms with Crippen molar-refractivity contribution in [3.05, 3.63) is 36.0 Å². The van der Waals surface area contributed by atoms with Crippen LogP contribution < -0.4 is 31.0 Å². The van der Waals surface area contributed by atoms with Gasteiger partial charge in [0.25, 0.3) is 0 Å². The normalized spacial score (nSPS) is 32.3. The molecule has 4 unspecified atom stereocenters. The largest absolute Gasteiger partial charge is 0.497 e. The zero-order chi connectivity index (χ0) is 29.9. The smallest absolute Gasteiger partial charge is 0.244 e. The maximum absolute atomic E-state index is 13.3. The van der Waals surface area contributed by atoms with Crippen molar-refractivity contribution in [2.75, 3.05) is 57.6 Å². The molecule has 1 aromatic carbocycles. The van der Waals surface area contributed by atoms with Crippen molar-refractivity contribution >= 4 is 27.4 Å². The van der Waals surface area contributed by atoms with Crippen molar-refractivity contribution < 1.29 is 22.7 Å². The molecule has 2 saturated heterocycles. The van der Waals surface area contributed by atoms with E-state index in [9.17, 15) is 13.2 Å². The van der Waals surface area contributed by atoms with E-state index in [0.717, 1.165) is 42.7 Å². The molecule has 4 N–H and O–H groups in total. The minimum Gasteiger partial charge on any atom is -0.497 e. The van der Waals surface area contributed by atoms with E-state index in [1.807, 2.05) is 32.2 Å². The lowest BCUT2D eigenvalue weighted by atomic mass is 9.74. The number of anilines is 2. The van der Waals surface area contributed by atoms with Crippen LogP contribution in [0.25, 0.3) is 0 Å². The Morgan fingerprint density at radius 3 is 2.72 bits per heavy atom. The van der Waals surface area contributed by atoms with Gasteiger partial charge >= 0.3 is 0 Å². The maximum atomic E-state index is 13.3.